The molecule has 0 bridgehead atoms. The second-order valence-corrected chi connectivity index (χ2v) is 6.24. The van der Waals surface area contributed by atoms with Gasteiger partial charge >= 0.3 is 6.18 Å². The minimum absolute atomic E-state index is 0.456. The van der Waals surface area contributed by atoms with Crippen LogP contribution in [0.4, 0.5) is 13.2 Å². The third kappa shape index (κ3) is 3.45. The average molecular weight is 359 g/mol. The molecule has 5 nitrogen and oxygen atoms in total. The number of H-pyrrole nitrogens is 1. The lowest BCUT2D eigenvalue weighted by Crippen LogP contribution is -2.31. The fourth-order valence-electron chi connectivity index (χ4n) is 3.05. The van der Waals surface area contributed by atoms with Crippen molar-refractivity contribution in [2.75, 3.05) is 6.54 Å². The highest BCUT2D eigenvalue weighted by atomic mass is 19.4. The highest BCUT2D eigenvalue weighted by Gasteiger charge is 2.30. The van der Waals surface area contributed by atoms with Gasteiger partial charge in [0.1, 0.15) is 5.82 Å². The Balaban J connectivity index is 1.51. The predicted octanol–water partition coefficient (Wildman–Crippen LogP) is 3.44. The van der Waals surface area contributed by atoms with Crippen molar-refractivity contribution in [2.45, 2.75) is 25.7 Å². The molecule has 3 heterocycles. The van der Waals surface area contributed by atoms with E-state index in [1.54, 1.807) is 18.6 Å². The summed E-state index contributed by atoms with van der Waals surface area (Å²) in [5.41, 5.74) is 1.90. The van der Waals surface area contributed by atoms with Gasteiger partial charge in [0.05, 0.1) is 17.8 Å². The Hall–Kier alpha value is -2.74. The van der Waals surface area contributed by atoms with Crippen LogP contribution < -0.4 is 0 Å². The van der Waals surface area contributed by atoms with Crippen molar-refractivity contribution in [3.05, 3.63) is 65.5 Å². The van der Waals surface area contributed by atoms with Crippen LogP contribution in [0, 0.1) is 0 Å². The molecule has 0 spiro atoms. The van der Waals surface area contributed by atoms with E-state index in [-0.39, 0.29) is 0 Å². The van der Waals surface area contributed by atoms with Gasteiger partial charge in [-0.2, -0.15) is 13.2 Å². The Labute approximate surface area is 147 Å². The second-order valence-electron chi connectivity index (χ2n) is 6.24. The van der Waals surface area contributed by atoms with Crippen molar-refractivity contribution >= 4 is 0 Å². The van der Waals surface area contributed by atoms with Gasteiger partial charge in [-0.3, -0.25) is 4.90 Å². The molecular formula is C18H16F3N5. The van der Waals surface area contributed by atoms with E-state index in [0.717, 1.165) is 55.3 Å². The summed E-state index contributed by atoms with van der Waals surface area (Å²) >= 11 is 0. The smallest absolute Gasteiger partial charge is 0.348 e. The van der Waals surface area contributed by atoms with E-state index in [0.29, 0.717) is 11.4 Å². The fraction of sp³-hybridized carbons (Fsp3) is 0.278. The van der Waals surface area contributed by atoms with Crippen molar-refractivity contribution in [1.29, 1.82) is 0 Å². The molecule has 0 fully saturated rings. The van der Waals surface area contributed by atoms with Crippen LogP contribution in [-0.4, -0.2) is 31.4 Å². The quantitative estimate of drug-likeness (QED) is 0.778. The number of hydrogen-bond donors (Lipinski definition) is 1. The summed E-state index contributed by atoms with van der Waals surface area (Å²) in [5, 5.41) is 0. The zero-order valence-electron chi connectivity index (χ0n) is 13.8. The van der Waals surface area contributed by atoms with Crippen LogP contribution in [-0.2, 0) is 25.7 Å². The third-order valence-electron chi connectivity index (χ3n) is 4.41. The molecule has 0 saturated heterocycles. The van der Waals surface area contributed by atoms with Crippen LogP contribution in [0.5, 0.6) is 0 Å². The first-order valence-electron chi connectivity index (χ1n) is 8.22. The molecule has 4 rings (SSSR count). The second kappa shape index (κ2) is 6.53. The van der Waals surface area contributed by atoms with Gasteiger partial charge in [0.25, 0.3) is 0 Å². The average Bonchev–Trinajstić information content (AvgIpc) is 3.14. The number of aromatic amines is 1. The molecule has 0 amide bonds. The van der Waals surface area contributed by atoms with Gasteiger partial charge < -0.3 is 4.98 Å². The van der Waals surface area contributed by atoms with Gasteiger partial charge in [-0.15, -0.1) is 0 Å². The number of benzene rings is 1. The maximum atomic E-state index is 12.7. The Bertz CT molecular complexity index is 888. The summed E-state index contributed by atoms with van der Waals surface area (Å²) in [6.07, 6.45) is 1.72. The first-order chi connectivity index (χ1) is 12.5. The van der Waals surface area contributed by atoms with Crippen molar-refractivity contribution in [3.8, 4) is 11.4 Å². The Kier molecular flexibility index (Phi) is 4.20. The molecule has 0 radical (unpaired) electrons. The molecule has 26 heavy (non-hydrogen) atoms. The van der Waals surface area contributed by atoms with Gasteiger partial charge in [-0.1, -0.05) is 12.1 Å². The molecule has 1 N–H and O–H groups in total. The molecule has 134 valence electrons. The standard InChI is InChI=1S/C18H16F3N5/c19-18(20,21)14-3-1-12(2-4-14)17-24-9-13-10-26(8-5-15(13)25-17)11-16-22-6-7-23-16/h1-4,6-7,9H,5,8,10-11H2,(H,22,23). The van der Waals surface area contributed by atoms with Crippen LogP contribution in [0.1, 0.15) is 22.6 Å². The van der Waals surface area contributed by atoms with Gasteiger partial charge in [0.15, 0.2) is 5.82 Å². The molecule has 0 aliphatic carbocycles. The van der Waals surface area contributed by atoms with E-state index >= 15 is 0 Å². The lowest BCUT2D eigenvalue weighted by Gasteiger charge is -2.27. The zero-order chi connectivity index (χ0) is 18.1. The van der Waals surface area contributed by atoms with Crippen LogP contribution in [0.2, 0.25) is 0 Å². The monoisotopic (exact) mass is 359 g/mol. The Morgan fingerprint density at radius 1 is 1.12 bits per heavy atom. The van der Waals surface area contributed by atoms with Crippen molar-refractivity contribution in [1.82, 2.24) is 24.8 Å². The van der Waals surface area contributed by atoms with E-state index in [9.17, 15) is 13.2 Å². The summed E-state index contributed by atoms with van der Waals surface area (Å²) in [6.45, 7) is 2.30. The molecule has 1 aromatic carbocycles. The zero-order valence-corrected chi connectivity index (χ0v) is 13.8. The Morgan fingerprint density at radius 3 is 2.62 bits per heavy atom. The molecule has 1 aliphatic rings. The highest BCUT2D eigenvalue weighted by molar-refractivity contribution is 5.56. The van der Waals surface area contributed by atoms with E-state index in [2.05, 4.69) is 24.8 Å². The molecule has 1 aliphatic heterocycles. The maximum absolute atomic E-state index is 12.7. The van der Waals surface area contributed by atoms with E-state index in [1.165, 1.54) is 12.1 Å². The Morgan fingerprint density at radius 2 is 1.92 bits per heavy atom. The van der Waals surface area contributed by atoms with Gasteiger partial charge in [0, 0.05) is 49.2 Å². The molecule has 8 heteroatoms. The van der Waals surface area contributed by atoms with Crippen molar-refractivity contribution in [3.63, 3.8) is 0 Å². The minimum Gasteiger partial charge on any atom is -0.348 e. The van der Waals surface area contributed by atoms with Crippen molar-refractivity contribution < 1.29 is 13.2 Å². The number of nitrogens with one attached hydrogen (secondary N) is 1. The molecule has 2 aromatic heterocycles. The molecule has 3 aromatic rings. The van der Waals surface area contributed by atoms with E-state index < -0.39 is 11.7 Å². The molecule has 0 unspecified atom stereocenters. The van der Waals surface area contributed by atoms with Crippen LogP contribution >= 0.6 is 0 Å². The summed E-state index contributed by atoms with van der Waals surface area (Å²) in [5.74, 6) is 1.37. The number of halogens is 3. The lowest BCUT2D eigenvalue weighted by molar-refractivity contribution is -0.137. The number of fused-ring (bicyclic) bond motifs is 1. The summed E-state index contributed by atoms with van der Waals surface area (Å²) in [4.78, 5) is 18.5. The molecule has 0 atom stereocenters. The number of imidazole rings is 1. The van der Waals surface area contributed by atoms with Gasteiger partial charge in [0.2, 0.25) is 0 Å². The topological polar surface area (TPSA) is 57.7 Å². The lowest BCUT2D eigenvalue weighted by atomic mass is 10.1. The minimum atomic E-state index is -4.34. The van der Waals surface area contributed by atoms with Gasteiger partial charge in [-0.05, 0) is 12.1 Å². The predicted molar refractivity (Wildman–Crippen MR) is 88.9 cm³/mol. The number of hydrogen-bond acceptors (Lipinski definition) is 4. The number of rotatable bonds is 3. The first-order valence-corrected chi connectivity index (χ1v) is 8.22. The van der Waals surface area contributed by atoms with Crippen LogP contribution in [0.15, 0.2) is 42.9 Å². The largest absolute Gasteiger partial charge is 0.416 e. The number of alkyl halides is 3. The summed E-state index contributed by atoms with van der Waals surface area (Å²) in [7, 11) is 0. The van der Waals surface area contributed by atoms with Crippen LogP contribution in [0.3, 0.4) is 0 Å². The summed E-state index contributed by atoms with van der Waals surface area (Å²) in [6, 6.07) is 4.94. The normalized spacial score (nSPS) is 15.0. The first kappa shape index (κ1) is 16.7. The third-order valence-corrected chi connectivity index (χ3v) is 4.41. The maximum Gasteiger partial charge on any atom is 0.416 e. The molecular weight excluding hydrogens is 343 g/mol. The number of aromatic nitrogens is 4. The van der Waals surface area contributed by atoms with Gasteiger partial charge in [-0.25, -0.2) is 15.0 Å². The van der Waals surface area contributed by atoms with E-state index in [4.69, 9.17) is 0 Å². The van der Waals surface area contributed by atoms with E-state index in [1.807, 2.05) is 0 Å². The SMILES string of the molecule is FC(F)(F)c1ccc(-c2ncc3c(n2)CCN(Cc2ncc[nH]2)C3)cc1. The molecule has 0 saturated carbocycles. The van der Waals surface area contributed by atoms with Crippen molar-refractivity contribution in [2.24, 2.45) is 0 Å². The van der Waals surface area contributed by atoms with Crippen LogP contribution in [0.25, 0.3) is 11.4 Å². The fourth-order valence-corrected chi connectivity index (χ4v) is 3.05. The highest BCUT2D eigenvalue weighted by Crippen LogP contribution is 2.30. The number of nitrogens with zero attached hydrogens (tertiary/aromatic N) is 4. The summed E-state index contributed by atoms with van der Waals surface area (Å²) < 4.78 is 38.0.